The van der Waals surface area contributed by atoms with Gasteiger partial charge in [-0.15, -0.1) is 16.4 Å². The highest BCUT2D eigenvalue weighted by Gasteiger charge is 2.37. The highest BCUT2D eigenvalue weighted by atomic mass is 32.1. The normalized spacial score (nSPS) is 12.6. The summed E-state index contributed by atoms with van der Waals surface area (Å²) in [6.07, 6.45) is -11.9. The highest BCUT2D eigenvalue weighted by Crippen LogP contribution is 2.39. The van der Waals surface area contributed by atoms with Crippen molar-refractivity contribution in [2.75, 3.05) is 4.90 Å². The van der Waals surface area contributed by atoms with Gasteiger partial charge in [0, 0.05) is 23.5 Å². The van der Waals surface area contributed by atoms with E-state index >= 15 is 0 Å². The smallest absolute Gasteiger partial charge is 0.330 e. The number of halogens is 9. The summed E-state index contributed by atoms with van der Waals surface area (Å²) in [5.41, 5.74) is -3.54. The molecule has 0 saturated carbocycles. The maximum Gasteiger partial charge on any atom is 0.416 e. The molecular formula is C28H27F9N6S. The molecule has 6 nitrogen and oxygen atoms in total. The molecule has 4 rings (SSSR count). The van der Waals surface area contributed by atoms with Gasteiger partial charge in [0.25, 0.3) is 5.95 Å². The van der Waals surface area contributed by atoms with Crippen LogP contribution in [0.4, 0.5) is 45.5 Å². The number of thiazole rings is 1. The van der Waals surface area contributed by atoms with Crippen molar-refractivity contribution in [3.8, 4) is 11.3 Å². The van der Waals surface area contributed by atoms with E-state index in [1.54, 1.807) is 0 Å². The first-order chi connectivity index (χ1) is 20.5. The van der Waals surface area contributed by atoms with Gasteiger partial charge in [0.1, 0.15) is 0 Å². The van der Waals surface area contributed by atoms with Crippen LogP contribution in [0.2, 0.25) is 0 Å². The van der Waals surface area contributed by atoms with E-state index < -0.39 is 53.9 Å². The number of aryl methyl sites for hydroxylation is 3. The second kappa shape index (κ2) is 12.7. The molecule has 238 valence electrons. The van der Waals surface area contributed by atoms with Crippen LogP contribution in [0.3, 0.4) is 0 Å². The van der Waals surface area contributed by atoms with Crippen LogP contribution >= 0.6 is 11.3 Å². The highest BCUT2D eigenvalue weighted by molar-refractivity contribution is 7.12. The summed E-state index contributed by atoms with van der Waals surface area (Å²) in [6.45, 7) is 2.88. The van der Waals surface area contributed by atoms with Crippen molar-refractivity contribution < 1.29 is 39.5 Å². The molecule has 0 unspecified atom stereocenters. The Bertz CT molecular complexity index is 1560. The molecule has 2 aromatic carbocycles. The quantitative estimate of drug-likeness (QED) is 0.161. The minimum atomic E-state index is -5.09. The minimum absolute atomic E-state index is 0.00393. The van der Waals surface area contributed by atoms with Gasteiger partial charge in [-0.2, -0.15) is 44.3 Å². The zero-order valence-electron chi connectivity index (χ0n) is 23.7. The maximum atomic E-state index is 13.8. The molecule has 0 spiro atoms. The molecule has 0 saturated heterocycles. The van der Waals surface area contributed by atoms with Crippen molar-refractivity contribution in [1.82, 2.24) is 25.2 Å². The lowest BCUT2D eigenvalue weighted by Crippen LogP contribution is -2.25. The second-order valence-corrected chi connectivity index (χ2v) is 11.2. The maximum absolute atomic E-state index is 13.8. The SMILES string of the molecule is CCCCc1nc(-c2ccc(C(F)(F)F)cc2CN(Cc2cc(C(F)(F)F)cc(C(F)(F)F)c2)c2nnn(C)n2)c(CC)s1. The number of tetrazole rings is 1. The number of hydrogen-bond acceptors (Lipinski definition) is 6. The molecule has 0 amide bonds. The lowest BCUT2D eigenvalue weighted by atomic mass is 9.98. The van der Waals surface area contributed by atoms with Crippen molar-refractivity contribution in [2.45, 2.75) is 71.1 Å². The molecule has 2 heterocycles. The predicted octanol–water partition coefficient (Wildman–Crippen LogP) is 8.50. The molecule has 44 heavy (non-hydrogen) atoms. The Labute approximate surface area is 250 Å². The summed E-state index contributed by atoms with van der Waals surface area (Å²) >= 11 is 1.44. The monoisotopic (exact) mass is 650 g/mol. The number of aromatic nitrogens is 5. The molecular weight excluding hydrogens is 623 g/mol. The fraction of sp³-hybridized carbons (Fsp3) is 0.429. The first kappa shape index (κ1) is 33.2. The summed E-state index contributed by atoms with van der Waals surface area (Å²) in [5.74, 6) is -0.209. The number of unbranched alkanes of at least 4 members (excludes halogenated alkanes) is 1. The van der Waals surface area contributed by atoms with Crippen LogP contribution in [0, 0.1) is 0 Å². The van der Waals surface area contributed by atoms with Gasteiger partial charge in [0.05, 0.1) is 34.4 Å². The Kier molecular flexibility index (Phi) is 9.61. The lowest BCUT2D eigenvalue weighted by molar-refractivity contribution is -0.143. The van der Waals surface area contributed by atoms with E-state index in [0.29, 0.717) is 36.2 Å². The van der Waals surface area contributed by atoms with Gasteiger partial charge >= 0.3 is 18.5 Å². The Morgan fingerprint density at radius 3 is 1.98 bits per heavy atom. The van der Waals surface area contributed by atoms with Crippen molar-refractivity contribution in [3.63, 3.8) is 0 Å². The number of rotatable bonds is 10. The summed E-state index contributed by atoms with van der Waals surface area (Å²) in [5, 5.41) is 12.4. The minimum Gasteiger partial charge on any atom is -0.330 e. The number of anilines is 1. The van der Waals surface area contributed by atoms with Crippen LogP contribution in [0.1, 0.15) is 64.4 Å². The first-order valence-corrected chi connectivity index (χ1v) is 14.3. The summed E-state index contributed by atoms with van der Waals surface area (Å²) in [4.78, 5) is 7.73. The molecule has 0 N–H and O–H groups in total. The molecule has 16 heteroatoms. The van der Waals surface area contributed by atoms with Gasteiger partial charge in [0.15, 0.2) is 0 Å². The molecule has 0 bridgehead atoms. The molecule has 2 aromatic heterocycles. The molecule has 0 aliphatic rings. The topological polar surface area (TPSA) is 59.7 Å². The molecule has 0 radical (unpaired) electrons. The van der Waals surface area contributed by atoms with E-state index in [1.165, 1.54) is 29.4 Å². The van der Waals surface area contributed by atoms with Crippen molar-refractivity contribution >= 4 is 17.3 Å². The van der Waals surface area contributed by atoms with Crippen LogP contribution in [0.25, 0.3) is 11.3 Å². The Hall–Kier alpha value is -3.69. The molecule has 0 aliphatic heterocycles. The summed E-state index contributed by atoms with van der Waals surface area (Å²) < 4.78 is 123. The van der Waals surface area contributed by atoms with Crippen LogP contribution in [0.5, 0.6) is 0 Å². The second-order valence-electron chi connectivity index (χ2n) is 10.1. The third kappa shape index (κ3) is 7.87. The Morgan fingerprint density at radius 2 is 1.45 bits per heavy atom. The molecule has 0 aliphatic carbocycles. The number of alkyl halides is 9. The van der Waals surface area contributed by atoms with Crippen LogP contribution in [-0.2, 0) is 51.5 Å². The van der Waals surface area contributed by atoms with Crippen LogP contribution in [0.15, 0.2) is 36.4 Å². The van der Waals surface area contributed by atoms with Crippen molar-refractivity contribution in [2.24, 2.45) is 7.05 Å². The molecule has 4 aromatic rings. The first-order valence-electron chi connectivity index (χ1n) is 13.5. The standard InChI is InChI=1S/C28H27F9N6S/c1-4-6-7-23-38-24(22(5-2)44-23)21-9-8-18(26(29,30)31)12-17(21)15-43(25-39-41-42(3)40-25)14-16-10-19(27(32,33)34)13-20(11-16)28(35,36)37/h8-13H,4-7,14-15H2,1-3H3. The van der Waals surface area contributed by atoms with Crippen molar-refractivity contribution in [3.05, 3.63) is 74.1 Å². The fourth-order valence-electron chi connectivity index (χ4n) is 4.55. The Morgan fingerprint density at radius 1 is 0.818 bits per heavy atom. The average molecular weight is 651 g/mol. The van der Waals surface area contributed by atoms with Crippen LogP contribution < -0.4 is 4.90 Å². The van der Waals surface area contributed by atoms with Gasteiger partial charge in [-0.1, -0.05) is 31.4 Å². The number of hydrogen-bond donors (Lipinski definition) is 0. The largest absolute Gasteiger partial charge is 0.416 e. The van der Waals surface area contributed by atoms with Crippen LogP contribution in [-0.4, -0.2) is 25.2 Å². The summed E-state index contributed by atoms with van der Waals surface area (Å²) in [7, 11) is 1.39. The summed E-state index contributed by atoms with van der Waals surface area (Å²) in [6, 6.07) is 4.21. The number of benzene rings is 2. The molecule has 0 fully saturated rings. The average Bonchev–Trinajstić information content (AvgIpc) is 3.55. The third-order valence-electron chi connectivity index (χ3n) is 6.66. The Balaban J connectivity index is 1.85. The van der Waals surface area contributed by atoms with Gasteiger partial charge < -0.3 is 4.90 Å². The van der Waals surface area contributed by atoms with E-state index in [1.807, 2.05) is 13.8 Å². The third-order valence-corrected chi connectivity index (χ3v) is 7.92. The number of nitrogens with zero attached hydrogens (tertiary/aromatic N) is 6. The van der Waals surface area contributed by atoms with Gasteiger partial charge in [-0.3, -0.25) is 0 Å². The van der Waals surface area contributed by atoms with E-state index in [4.69, 9.17) is 4.98 Å². The van der Waals surface area contributed by atoms with Gasteiger partial charge in [0.2, 0.25) is 0 Å². The zero-order chi connectivity index (χ0) is 32.4. The van der Waals surface area contributed by atoms with E-state index in [2.05, 4.69) is 15.4 Å². The van der Waals surface area contributed by atoms with Crippen molar-refractivity contribution in [1.29, 1.82) is 0 Å². The van der Waals surface area contributed by atoms with E-state index in [0.717, 1.165) is 39.7 Å². The predicted molar refractivity (Wildman–Crippen MR) is 146 cm³/mol. The van der Waals surface area contributed by atoms with Gasteiger partial charge in [-0.05, 0) is 65.9 Å². The fourth-order valence-corrected chi connectivity index (χ4v) is 5.62. The molecule has 0 atom stereocenters. The van der Waals surface area contributed by atoms with E-state index in [9.17, 15) is 39.5 Å². The lowest BCUT2D eigenvalue weighted by Gasteiger charge is -2.24. The van der Waals surface area contributed by atoms with Gasteiger partial charge in [-0.25, -0.2) is 4.98 Å². The zero-order valence-corrected chi connectivity index (χ0v) is 24.5. The van der Waals surface area contributed by atoms with E-state index in [-0.39, 0.29) is 17.6 Å².